The van der Waals surface area contributed by atoms with Crippen LogP contribution in [0.4, 0.5) is 0 Å². The molecule has 2 nitrogen and oxygen atoms in total. The fourth-order valence-corrected chi connectivity index (χ4v) is 3.03. The Hall–Kier alpha value is 0.270. The zero-order valence-corrected chi connectivity index (χ0v) is 10.6. The van der Waals surface area contributed by atoms with Gasteiger partial charge in [0.1, 0.15) is 0 Å². The van der Waals surface area contributed by atoms with E-state index < -0.39 is 0 Å². The van der Waals surface area contributed by atoms with Crippen molar-refractivity contribution in [3.63, 3.8) is 0 Å². The van der Waals surface area contributed by atoms with Gasteiger partial charge < -0.3 is 4.90 Å². The van der Waals surface area contributed by atoms with E-state index in [0.29, 0.717) is 0 Å². The number of hydrogen-bond acceptors (Lipinski definition) is 3. The van der Waals surface area contributed by atoms with Crippen molar-refractivity contribution < 1.29 is 0 Å². The number of hydrogen-bond donors (Lipinski definition) is 1. The molecule has 1 atom stereocenters. The molecule has 0 aliphatic carbocycles. The fourth-order valence-electron chi connectivity index (χ4n) is 2.89. The Balaban J connectivity index is 1.71. The third-order valence-electron chi connectivity index (χ3n) is 3.79. The maximum Gasteiger partial charge on any atom is 0.0235 e. The third kappa shape index (κ3) is 3.36. The van der Waals surface area contributed by atoms with Crippen LogP contribution in [0.3, 0.4) is 0 Å². The van der Waals surface area contributed by atoms with Gasteiger partial charge in [-0.1, -0.05) is 6.42 Å². The quantitative estimate of drug-likeness (QED) is 0.734. The second kappa shape index (κ2) is 6.12. The van der Waals surface area contributed by atoms with Crippen molar-refractivity contribution in [3.8, 4) is 0 Å². The highest BCUT2D eigenvalue weighted by Gasteiger charge is 2.27. The van der Waals surface area contributed by atoms with Gasteiger partial charge in [0.25, 0.3) is 0 Å². The largest absolute Gasteiger partial charge is 0.302 e. The summed E-state index contributed by atoms with van der Waals surface area (Å²) in [6.07, 6.45) is 6.94. The lowest BCUT2D eigenvalue weighted by Crippen LogP contribution is -2.40. The Morgan fingerprint density at radius 1 is 1.07 bits per heavy atom. The fraction of sp³-hybridized carbons (Fsp3) is 1.00. The normalized spacial score (nSPS) is 29.8. The molecule has 88 valence electrons. The first-order valence-corrected chi connectivity index (χ1v) is 7.10. The summed E-state index contributed by atoms with van der Waals surface area (Å²) >= 11 is 4.28. The van der Waals surface area contributed by atoms with E-state index in [0.717, 1.165) is 11.8 Å². The first-order valence-electron chi connectivity index (χ1n) is 6.47. The van der Waals surface area contributed by atoms with Gasteiger partial charge in [-0.25, -0.2) is 0 Å². The summed E-state index contributed by atoms with van der Waals surface area (Å²) in [4.78, 5) is 5.35. The van der Waals surface area contributed by atoms with Crippen LogP contribution in [-0.2, 0) is 0 Å². The lowest BCUT2D eigenvalue weighted by molar-refractivity contribution is 0.162. The molecular formula is C12H24N2S. The number of likely N-dealkylation sites (tertiary alicyclic amines) is 2. The summed E-state index contributed by atoms with van der Waals surface area (Å²) in [5, 5.41) is 0. The number of piperidine rings is 1. The van der Waals surface area contributed by atoms with E-state index in [1.807, 2.05) is 0 Å². The predicted molar refractivity (Wildman–Crippen MR) is 68.7 cm³/mol. The number of thiol groups is 1. The maximum atomic E-state index is 4.28. The molecule has 0 aromatic heterocycles. The molecule has 2 aliphatic heterocycles. The van der Waals surface area contributed by atoms with Gasteiger partial charge in [0.15, 0.2) is 0 Å². The highest BCUT2D eigenvalue weighted by molar-refractivity contribution is 7.80. The highest BCUT2D eigenvalue weighted by atomic mass is 32.1. The second-order valence-corrected chi connectivity index (χ2v) is 5.36. The van der Waals surface area contributed by atoms with Crippen molar-refractivity contribution in [2.24, 2.45) is 0 Å². The standard InChI is InChI=1S/C12H24N2S/c15-10-4-6-13-9-5-12(11-13)14-7-2-1-3-8-14/h12,15H,1-11H2. The zero-order chi connectivity index (χ0) is 10.5. The van der Waals surface area contributed by atoms with Gasteiger partial charge in [-0.2, -0.15) is 12.6 Å². The van der Waals surface area contributed by atoms with Crippen LogP contribution in [0.15, 0.2) is 0 Å². The van der Waals surface area contributed by atoms with Crippen LogP contribution in [0, 0.1) is 0 Å². The van der Waals surface area contributed by atoms with Gasteiger partial charge in [0.05, 0.1) is 0 Å². The van der Waals surface area contributed by atoms with Crippen LogP contribution in [0.25, 0.3) is 0 Å². The van der Waals surface area contributed by atoms with Crippen molar-refractivity contribution in [3.05, 3.63) is 0 Å². The maximum absolute atomic E-state index is 4.28. The molecule has 2 heterocycles. The predicted octanol–water partition coefficient (Wildman–Crippen LogP) is 1.87. The monoisotopic (exact) mass is 228 g/mol. The molecule has 0 N–H and O–H groups in total. The van der Waals surface area contributed by atoms with Gasteiger partial charge in [0.2, 0.25) is 0 Å². The van der Waals surface area contributed by atoms with E-state index in [4.69, 9.17) is 0 Å². The van der Waals surface area contributed by atoms with Crippen molar-refractivity contribution in [2.45, 2.75) is 38.1 Å². The average Bonchev–Trinajstić information content (AvgIpc) is 2.76. The topological polar surface area (TPSA) is 6.48 Å². The molecule has 0 aromatic rings. The summed E-state index contributed by atoms with van der Waals surface area (Å²) in [7, 11) is 0. The van der Waals surface area contributed by atoms with E-state index in [9.17, 15) is 0 Å². The molecular weight excluding hydrogens is 204 g/mol. The van der Waals surface area contributed by atoms with Crippen LogP contribution in [-0.4, -0.2) is 54.3 Å². The third-order valence-corrected chi connectivity index (χ3v) is 4.10. The second-order valence-electron chi connectivity index (χ2n) is 4.92. The van der Waals surface area contributed by atoms with E-state index in [-0.39, 0.29) is 0 Å². The molecule has 0 saturated carbocycles. The molecule has 2 rings (SSSR count). The van der Waals surface area contributed by atoms with E-state index in [2.05, 4.69) is 22.4 Å². The first kappa shape index (κ1) is 11.7. The smallest absolute Gasteiger partial charge is 0.0235 e. The summed E-state index contributed by atoms with van der Waals surface area (Å²) in [6, 6.07) is 0.866. The Labute approximate surface area is 99.4 Å². The molecule has 0 radical (unpaired) electrons. The zero-order valence-electron chi connectivity index (χ0n) is 9.70. The molecule has 15 heavy (non-hydrogen) atoms. The molecule has 2 saturated heterocycles. The van der Waals surface area contributed by atoms with Crippen molar-refractivity contribution in [1.82, 2.24) is 9.80 Å². The summed E-state index contributed by atoms with van der Waals surface area (Å²) in [5.41, 5.74) is 0. The average molecular weight is 228 g/mol. The summed E-state index contributed by atoms with van der Waals surface area (Å²) in [5.74, 6) is 1.03. The molecule has 0 amide bonds. The molecule has 3 heteroatoms. The van der Waals surface area contributed by atoms with Crippen molar-refractivity contribution >= 4 is 12.6 Å². The lowest BCUT2D eigenvalue weighted by Gasteiger charge is -2.32. The van der Waals surface area contributed by atoms with E-state index >= 15 is 0 Å². The minimum absolute atomic E-state index is 0.866. The van der Waals surface area contributed by atoms with E-state index in [1.54, 1.807) is 0 Å². The number of nitrogens with zero attached hydrogens (tertiary/aromatic N) is 2. The Morgan fingerprint density at radius 2 is 1.87 bits per heavy atom. The molecule has 2 aliphatic rings. The lowest BCUT2D eigenvalue weighted by atomic mass is 10.1. The minimum Gasteiger partial charge on any atom is -0.302 e. The van der Waals surface area contributed by atoms with Gasteiger partial charge >= 0.3 is 0 Å². The number of rotatable bonds is 4. The molecule has 0 bridgehead atoms. The SMILES string of the molecule is SCCCN1CCC(N2CCCCC2)C1. The first-order chi connectivity index (χ1) is 7.40. The van der Waals surface area contributed by atoms with Crippen LogP contribution in [0.2, 0.25) is 0 Å². The van der Waals surface area contributed by atoms with Crippen LogP contribution in [0.5, 0.6) is 0 Å². The van der Waals surface area contributed by atoms with Crippen molar-refractivity contribution in [1.29, 1.82) is 0 Å². The van der Waals surface area contributed by atoms with Crippen molar-refractivity contribution in [2.75, 3.05) is 38.5 Å². The highest BCUT2D eigenvalue weighted by Crippen LogP contribution is 2.20. The molecule has 1 unspecified atom stereocenters. The molecule has 0 aromatic carbocycles. The molecule has 0 spiro atoms. The Morgan fingerprint density at radius 3 is 2.60 bits per heavy atom. The minimum atomic E-state index is 0.866. The van der Waals surface area contributed by atoms with Crippen LogP contribution >= 0.6 is 12.6 Å². The summed E-state index contributed by atoms with van der Waals surface area (Å²) < 4.78 is 0. The van der Waals surface area contributed by atoms with Crippen LogP contribution < -0.4 is 0 Å². The van der Waals surface area contributed by atoms with Gasteiger partial charge in [-0.3, -0.25) is 4.90 Å². The Kier molecular flexibility index (Phi) is 4.79. The summed E-state index contributed by atoms with van der Waals surface area (Å²) in [6.45, 7) is 6.59. The Bertz CT molecular complexity index is 180. The van der Waals surface area contributed by atoms with Crippen LogP contribution in [0.1, 0.15) is 32.1 Å². The van der Waals surface area contributed by atoms with E-state index in [1.165, 1.54) is 64.8 Å². The van der Waals surface area contributed by atoms with Gasteiger partial charge in [-0.05, 0) is 57.6 Å². The molecule has 2 fully saturated rings. The van der Waals surface area contributed by atoms with Gasteiger partial charge in [-0.15, -0.1) is 0 Å². The van der Waals surface area contributed by atoms with Gasteiger partial charge in [0, 0.05) is 12.6 Å².